The fraction of sp³-hybridized carbons (Fsp3) is 0.462. The summed E-state index contributed by atoms with van der Waals surface area (Å²) in [4.78, 5) is 9.96. The molecule has 1 atom stereocenters. The Hall–Kier alpha value is -1.44. The average molecular weight is 303 g/mol. The molecule has 0 aliphatic heterocycles. The third-order valence-corrected chi connectivity index (χ3v) is 3.50. The van der Waals surface area contributed by atoms with Crippen LogP contribution in [0.15, 0.2) is 29.2 Å². The van der Waals surface area contributed by atoms with Crippen LogP contribution in [0, 0.1) is 5.92 Å². The van der Waals surface area contributed by atoms with E-state index in [4.69, 9.17) is 15.4 Å². The lowest BCUT2D eigenvalue weighted by Crippen LogP contribution is -2.34. The molecule has 1 aromatic rings. The zero-order chi connectivity index (χ0) is 15.9. The zero-order valence-electron chi connectivity index (χ0n) is 11.8. The third kappa shape index (κ3) is 6.65. The maximum absolute atomic E-state index is 10.6. The summed E-state index contributed by atoms with van der Waals surface area (Å²) in [5, 5.41) is 8.23. The van der Waals surface area contributed by atoms with Crippen molar-refractivity contribution in [3.05, 3.63) is 29.8 Å². The highest BCUT2D eigenvalue weighted by Crippen LogP contribution is 2.09. The number of aryl methyl sites for hydroxylation is 1. The molecule has 1 rings (SSSR count). The van der Waals surface area contributed by atoms with Gasteiger partial charge in [-0.15, -0.1) is 0 Å². The first kappa shape index (κ1) is 18.6. The molecular weight excluding hydrogens is 282 g/mol. The minimum atomic E-state index is -4.03. The van der Waals surface area contributed by atoms with Crippen LogP contribution in [-0.2, 0) is 21.3 Å². The van der Waals surface area contributed by atoms with Gasteiger partial charge in [-0.2, -0.15) is 8.42 Å². The molecule has 1 aromatic carbocycles. The lowest BCUT2D eigenvalue weighted by atomic mass is 10.1. The third-order valence-electron chi connectivity index (χ3n) is 2.63. The Kier molecular flexibility index (Phi) is 7.41. The molecule has 0 bridgehead atoms. The van der Waals surface area contributed by atoms with Crippen molar-refractivity contribution in [2.45, 2.75) is 38.1 Å². The van der Waals surface area contributed by atoms with Gasteiger partial charge in [-0.05, 0) is 30.0 Å². The van der Waals surface area contributed by atoms with E-state index >= 15 is 0 Å². The number of hydrogen-bond acceptors (Lipinski definition) is 4. The number of rotatable bonds is 4. The number of carboxylic acids is 1. The molecule has 4 N–H and O–H groups in total. The molecular formula is C13H21NO5S. The summed E-state index contributed by atoms with van der Waals surface area (Å²) in [5.41, 5.74) is 6.20. The van der Waals surface area contributed by atoms with Gasteiger partial charge in [0.05, 0.1) is 4.90 Å². The average Bonchev–Trinajstić information content (AvgIpc) is 2.37. The van der Waals surface area contributed by atoms with Crippen LogP contribution in [0.2, 0.25) is 0 Å². The molecule has 0 amide bonds. The van der Waals surface area contributed by atoms with Crippen molar-refractivity contribution in [2.75, 3.05) is 0 Å². The number of carboxylic acid groups (broad SMARTS) is 1. The predicted octanol–water partition coefficient (Wildman–Crippen LogP) is 1.55. The van der Waals surface area contributed by atoms with E-state index in [1.54, 1.807) is 26.0 Å². The second-order valence-electron chi connectivity index (χ2n) is 4.58. The van der Waals surface area contributed by atoms with Crippen molar-refractivity contribution in [3.8, 4) is 0 Å². The molecule has 6 nitrogen and oxygen atoms in total. The highest BCUT2D eigenvalue weighted by molar-refractivity contribution is 7.85. The maximum atomic E-state index is 10.6. The fourth-order valence-corrected chi connectivity index (χ4v) is 1.66. The van der Waals surface area contributed by atoms with E-state index in [2.05, 4.69) is 0 Å². The quantitative estimate of drug-likeness (QED) is 0.726. The van der Waals surface area contributed by atoms with Crippen molar-refractivity contribution >= 4 is 16.1 Å². The number of benzene rings is 1. The summed E-state index contributed by atoms with van der Waals surface area (Å²) in [6.45, 7) is 5.53. The maximum Gasteiger partial charge on any atom is 0.320 e. The number of nitrogens with two attached hydrogens (primary N) is 1. The summed E-state index contributed by atoms with van der Waals surface area (Å²) in [6, 6.07) is 5.45. The first-order valence-corrected chi connectivity index (χ1v) is 7.58. The molecule has 0 saturated carbocycles. The van der Waals surface area contributed by atoms with Gasteiger partial charge in [0, 0.05) is 0 Å². The molecule has 0 aliphatic carbocycles. The van der Waals surface area contributed by atoms with Gasteiger partial charge in [0.15, 0.2) is 0 Å². The first-order chi connectivity index (χ1) is 9.09. The van der Waals surface area contributed by atoms with Crippen molar-refractivity contribution in [2.24, 2.45) is 11.7 Å². The zero-order valence-corrected chi connectivity index (χ0v) is 12.6. The van der Waals surface area contributed by atoms with Gasteiger partial charge < -0.3 is 10.8 Å². The largest absolute Gasteiger partial charge is 0.480 e. The van der Waals surface area contributed by atoms with Gasteiger partial charge in [-0.3, -0.25) is 9.35 Å². The predicted molar refractivity (Wildman–Crippen MR) is 76.1 cm³/mol. The highest BCUT2D eigenvalue weighted by atomic mass is 32.2. The molecule has 20 heavy (non-hydrogen) atoms. The van der Waals surface area contributed by atoms with Gasteiger partial charge in [0.2, 0.25) is 0 Å². The van der Waals surface area contributed by atoms with Crippen molar-refractivity contribution in [3.63, 3.8) is 0 Å². The van der Waals surface area contributed by atoms with E-state index in [1.807, 2.05) is 6.92 Å². The van der Waals surface area contributed by atoms with Crippen LogP contribution in [0.25, 0.3) is 0 Å². The van der Waals surface area contributed by atoms with Crippen molar-refractivity contribution in [1.29, 1.82) is 0 Å². The Labute approximate surface area is 119 Å². The lowest BCUT2D eigenvalue weighted by molar-refractivity contribution is -0.139. The number of aliphatic carboxylic acids is 1. The van der Waals surface area contributed by atoms with E-state index in [9.17, 15) is 13.2 Å². The molecule has 0 aromatic heterocycles. The molecule has 0 radical (unpaired) electrons. The molecule has 114 valence electrons. The summed E-state index contributed by atoms with van der Waals surface area (Å²) < 4.78 is 29.8. The van der Waals surface area contributed by atoms with Gasteiger partial charge >= 0.3 is 5.97 Å². The van der Waals surface area contributed by atoms with E-state index in [-0.39, 0.29) is 10.8 Å². The highest BCUT2D eigenvalue weighted by Gasteiger charge is 2.14. The smallest absolute Gasteiger partial charge is 0.320 e. The summed E-state index contributed by atoms with van der Waals surface area (Å²) in [6.07, 6.45) is 0.853. The van der Waals surface area contributed by atoms with E-state index in [0.717, 1.165) is 12.0 Å². The minimum absolute atomic E-state index is 0.0208. The van der Waals surface area contributed by atoms with E-state index < -0.39 is 22.1 Å². The second kappa shape index (κ2) is 7.98. The van der Waals surface area contributed by atoms with Gasteiger partial charge in [-0.1, -0.05) is 32.9 Å². The first-order valence-electron chi connectivity index (χ1n) is 6.14. The molecule has 0 heterocycles. The van der Waals surface area contributed by atoms with E-state index in [0.29, 0.717) is 0 Å². The van der Waals surface area contributed by atoms with Crippen LogP contribution in [0.1, 0.15) is 26.3 Å². The molecule has 7 heteroatoms. The molecule has 0 unspecified atom stereocenters. The fourth-order valence-electron chi connectivity index (χ4n) is 1.18. The Balaban J connectivity index is 0.000000396. The monoisotopic (exact) mass is 303 g/mol. The number of carbonyl (C=O) groups is 1. The summed E-state index contributed by atoms with van der Waals surface area (Å²) >= 11 is 0. The summed E-state index contributed by atoms with van der Waals surface area (Å²) in [5.74, 6) is -0.910. The van der Waals surface area contributed by atoms with Crippen molar-refractivity contribution in [1.82, 2.24) is 0 Å². The second-order valence-corrected chi connectivity index (χ2v) is 6.00. The molecule has 0 aliphatic rings. The Morgan fingerprint density at radius 3 is 1.90 bits per heavy atom. The topological polar surface area (TPSA) is 118 Å². The van der Waals surface area contributed by atoms with Crippen LogP contribution >= 0.6 is 0 Å². The van der Waals surface area contributed by atoms with E-state index in [1.165, 1.54) is 12.1 Å². The summed E-state index contributed by atoms with van der Waals surface area (Å²) in [7, 11) is -4.03. The van der Waals surface area contributed by atoms with Crippen LogP contribution in [0.4, 0.5) is 0 Å². The van der Waals surface area contributed by atoms with Crippen LogP contribution in [0.5, 0.6) is 0 Å². The molecule has 0 saturated heterocycles. The van der Waals surface area contributed by atoms with Crippen LogP contribution in [0.3, 0.4) is 0 Å². The van der Waals surface area contributed by atoms with Crippen molar-refractivity contribution < 1.29 is 22.9 Å². The standard InChI is InChI=1S/C8H10O3S.C5H11NO2/c1-2-7-3-5-8(6-4-7)12(9,10)11;1-3(2)4(6)5(7)8/h3-6H,2H2,1H3,(H,9,10,11);3-4H,6H2,1-2H3,(H,7,8)/t;4-/m.1/s1. The number of hydrogen-bond donors (Lipinski definition) is 3. The van der Waals surface area contributed by atoms with Gasteiger partial charge in [0.25, 0.3) is 10.1 Å². The minimum Gasteiger partial charge on any atom is -0.480 e. The SMILES string of the molecule is CC(C)[C@@H](N)C(=O)O.CCc1ccc(S(=O)(=O)O)cc1. The lowest BCUT2D eigenvalue weighted by Gasteiger charge is -2.07. The van der Waals surface area contributed by atoms with Gasteiger partial charge in [-0.25, -0.2) is 0 Å². The van der Waals surface area contributed by atoms with Gasteiger partial charge in [0.1, 0.15) is 6.04 Å². The molecule has 0 fully saturated rings. The molecule has 0 spiro atoms. The Morgan fingerprint density at radius 2 is 1.70 bits per heavy atom. The normalized spacial score (nSPS) is 12.5. The Bertz CT molecular complexity index is 522. The Morgan fingerprint density at radius 1 is 1.25 bits per heavy atom. The van der Waals surface area contributed by atoms with Crippen LogP contribution in [-0.4, -0.2) is 30.1 Å². The van der Waals surface area contributed by atoms with Crippen LogP contribution < -0.4 is 5.73 Å².